The van der Waals surface area contributed by atoms with Gasteiger partial charge in [-0.2, -0.15) is 0 Å². The highest BCUT2D eigenvalue weighted by Gasteiger charge is 2.40. The van der Waals surface area contributed by atoms with Crippen molar-refractivity contribution < 1.29 is 14.0 Å². The van der Waals surface area contributed by atoms with Crippen LogP contribution in [0.3, 0.4) is 0 Å². The van der Waals surface area contributed by atoms with Crippen molar-refractivity contribution >= 4 is 11.8 Å². The van der Waals surface area contributed by atoms with Crippen LogP contribution in [0.25, 0.3) is 0 Å². The van der Waals surface area contributed by atoms with Crippen LogP contribution in [0.15, 0.2) is 10.8 Å². The fourth-order valence-electron chi connectivity index (χ4n) is 3.23. The molecule has 2 fully saturated rings. The van der Waals surface area contributed by atoms with Gasteiger partial charge in [0.15, 0.2) is 12.1 Å². The Kier molecular flexibility index (Phi) is 3.46. The lowest BCUT2D eigenvalue weighted by molar-refractivity contribution is -0.127. The number of nitrogens with one attached hydrogen (secondary N) is 1. The molecule has 0 aromatic carbocycles. The van der Waals surface area contributed by atoms with Crippen molar-refractivity contribution in [3.05, 3.63) is 17.8 Å². The van der Waals surface area contributed by atoms with Gasteiger partial charge < -0.3 is 14.6 Å². The lowest BCUT2D eigenvalue weighted by Crippen LogP contribution is -2.63. The van der Waals surface area contributed by atoms with E-state index in [-0.39, 0.29) is 30.4 Å². The first-order valence-electron chi connectivity index (χ1n) is 7.23. The second kappa shape index (κ2) is 5.26. The number of carbonyl (C=O) groups excluding carboxylic acids is 2. The first-order chi connectivity index (χ1) is 9.70. The van der Waals surface area contributed by atoms with Gasteiger partial charge in [-0.3, -0.25) is 9.59 Å². The molecule has 1 aromatic heterocycles. The molecule has 1 aliphatic heterocycles. The predicted octanol–water partition coefficient (Wildman–Crippen LogP) is 1.12. The van der Waals surface area contributed by atoms with E-state index in [2.05, 4.69) is 10.3 Å². The maximum absolute atomic E-state index is 12.7. The molecule has 1 aromatic rings. The maximum atomic E-state index is 12.7. The predicted molar refractivity (Wildman–Crippen MR) is 71.1 cm³/mol. The molecule has 0 unspecified atom stereocenters. The zero-order valence-corrected chi connectivity index (χ0v) is 11.6. The first kappa shape index (κ1) is 13.1. The number of piperazine rings is 1. The minimum atomic E-state index is -0.178. The largest absolute Gasteiger partial charge is 0.448 e. The highest BCUT2D eigenvalue weighted by molar-refractivity contribution is 5.96. The summed E-state index contributed by atoms with van der Waals surface area (Å²) < 4.78 is 5.23. The van der Waals surface area contributed by atoms with Crippen molar-refractivity contribution in [1.29, 1.82) is 0 Å². The molecule has 2 aliphatic rings. The van der Waals surface area contributed by atoms with Gasteiger partial charge in [-0.05, 0) is 12.8 Å². The quantitative estimate of drug-likeness (QED) is 0.879. The van der Waals surface area contributed by atoms with Crippen molar-refractivity contribution in [2.45, 2.75) is 51.1 Å². The third kappa shape index (κ3) is 2.19. The number of hydrogen-bond donors (Lipinski definition) is 1. The Labute approximate surface area is 117 Å². The highest BCUT2D eigenvalue weighted by Crippen LogP contribution is 2.27. The van der Waals surface area contributed by atoms with E-state index in [1.54, 1.807) is 4.90 Å². The minimum absolute atomic E-state index is 0.0805. The van der Waals surface area contributed by atoms with Crippen LogP contribution >= 0.6 is 0 Å². The molecule has 20 heavy (non-hydrogen) atoms. The number of fused-ring (bicyclic) bond motifs is 1. The Morgan fingerprint density at radius 1 is 1.50 bits per heavy atom. The molecule has 6 heteroatoms. The van der Waals surface area contributed by atoms with Crippen LogP contribution in [-0.2, 0) is 11.2 Å². The van der Waals surface area contributed by atoms with E-state index in [0.717, 1.165) is 25.7 Å². The van der Waals surface area contributed by atoms with Crippen molar-refractivity contribution in [2.24, 2.45) is 0 Å². The standard InChI is InChI=1S/C14H19N3O3/c1-2-11-13(15-8-20-11)14(19)17-7-12(18)16-9-5-3-4-6-10(9)17/h8-10H,2-7H2,1H3,(H,16,18)/t9-,10-/m1/s1. The van der Waals surface area contributed by atoms with Gasteiger partial charge in [0, 0.05) is 12.5 Å². The van der Waals surface area contributed by atoms with Crippen molar-refractivity contribution in [1.82, 2.24) is 15.2 Å². The van der Waals surface area contributed by atoms with Crippen LogP contribution < -0.4 is 5.32 Å². The number of amides is 2. The van der Waals surface area contributed by atoms with E-state index in [1.807, 2.05) is 6.92 Å². The van der Waals surface area contributed by atoms with Gasteiger partial charge in [0.2, 0.25) is 5.91 Å². The molecule has 1 aliphatic carbocycles. The fraction of sp³-hybridized carbons (Fsp3) is 0.643. The van der Waals surface area contributed by atoms with E-state index >= 15 is 0 Å². The summed E-state index contributed by atoms with van der Waals surface area (Å²) in [5, 5.41) is 3.00. The second-order valence-corrected chi connectivity index (χ2v) is 5.44. The number of rotatable bonds is 2. The van der Waals surface area contributed by atoms with Gasteiger partial charge >= 0.3 is 0 Å². The van der Waals surface area contributed by atoms with Crippen LogP contribution in [-0.4, -0.2) is 40.3 Å². The molecule has 0 bridgehead atoms. The van der Waals surface area contributed by atoms with E-state index < -0.39 is 0 Å². The van der Waals surface area contributed by atoms with Gasteiger partial charge in [0.05, 0.1) is 6.04 Å². The highest BCUT2D eigenvalue weighted by atomic mass is 16.3. The average Bonchev–Trinajstić information content (AvgIpc) is 2.94. The van der Waals surface area contributed by atoms with E-state index in [1.165, 1.54) is 6.39 Å². The number of nitrogens with zero attached hydrogens (tertiary/aromatic N) is 2. The van der Waals surface area contributed by atoms with Crippen molar-refractivity contribution in [2.75, 3.05) is 6.54 Å². The van der Waals surface area contributed by atoms with Crippen LogP contribution in [0.1, 0.15) is 48.9 Å². The van der Waals surface area contributed by atoms with Gasteiger partial charge in [-0.25, -0.2) is 4.98 Å². The third-order valence-electron chi connectivity index (χ3n) is 4.22. The Morgan fingerprint density at radius 3 is 3.10 bits per heavy atom. The molecule has 0 spiro atoms. The summed E-state index contributed by atoms with van der Waals surface area (Å²) in [6.45, 7) is 2.04. The lowest BCUT2D eigenvalue weighted by atomic mass is 9.87. The molecule has 0 radical (unpaired) electrons. The van der Waals surface area contributed by atoms with Crippen molar-refractivity contribution in [3.63, 3.8) is 0 Å². The molecule has 1 saturated heterocycles. The van der Waals surface area contributed by atoms with E-state index in [4.69, 9.17) is 4.42 Å². The molecule has 2 heterocycles. The SMILES string of the molecule is CCc1ocnc1C(=O)N1CC(=O)N[C@@H]2CCCC[C@H]21. The molecule has 1 saturated carbocycles. The summed E-state index contributed by atoms with van der Waals surface area (Å²) in [5.41, 5.74) is 0.353. The fourth-order valence-corrected chi connectivity index (χ4v) is 3.23. The molecule has 2 atom stereocenters. The molecule has 2 amide bonds. The normalized spacial score (nSPS) is 26.1. The van der Waals surface area contributed by atoms with Crippen LogP contribution in [0.4, 0.5) is 0 Å². The topological polar surface area (TPSA) is 75.4 Å². The minimum Gasteiger partial charge on any atom is -0.448 e. The molecular formula is C14H19N3O3. The molecule has 6 nitrogen and oxygen atoms in total. The summed E-state index contributed by atoms with van der Waals surface area (Å²) in [4.78, 5) is 30.2. The zero-order chi connectivity index (χ0) is 14.1. The van der Waals surface area contributed by atoms with Crippen molar-refractivity contribution in [3.8, 4) is 0 Å². The zero-order valence-electron chi connectivity index (χ0n) is 11.6. The molecular weight excluding hydrogens is 258 g/mol. The number of aryl methyl sites for hydroxylation is 1. The Balaban J connectivity index is 1.87. The third-order valence-corrected chi connectivity index (χ3v) is 4.22. The molecule has 3 rings (SSSR count). The van der Waals surface area contributed by atoms with Gasteiger partial charge in [-0.1, -0.05) is 19.8 Å². The summed E-state index contributed by atoms with van der Waals surface area (Å²) in [6, 6.07) is 0.182. The summed E-state index contributed by atoms with van der Waals surface area (Å²) in [5.74, 6) is 0.332. The Morgan fingerprint density at radius 2 is 2.30 bits per heavy atom. The number of oxazole rings is 1. The van der Waals surface area contributed by atoms with Crippen LogP contribution in [0, 0.1) is 0 Å². The van der Waals surface area contributed by atoms with E-state index in [9.17, 15) is 9.59 Å². The molecule has 1 N–H and O–H groups in total. The summed E-state index contributed by atoms with van der Waals surface area (Å²) in [6.07, 6.45) is 6.01. The number of hydrogen-bond acceptors (Lipinski definition) is 4. The summed E-state index contributed by atoms with van der Waals surface area (Å²) in [7, 11) is 0. The lowest BCUT2D eigenvalue weighted by Gasteiger charge is -2.43. The van der Waals surface area contributed by atoms with E-state index in [0.29, 0.717) is 17.9 Å². The first-order valence-corrected chi connectivity index (χ1v) is 7.23. The second-order valence-electron chi connectivity index (χ2n) is 5.44. The number of aromatic nitrogens is 1. The average molecular weight is 277 g/mol. The van der Waals surface area contributed by atoms with Gasteiger partial charge in [-0.15, -0.1) is 0 Å². The maximum Gasteiger partial charge on any atom is 0.276 e. The molecule has 108 valence electrons. The Hall–Kier alpha value is -1.85. The smallest absolute Gasteiger partial charge is 0.276 e. The summed E-state index contributed by atoms with van der Waals surface area (Å²) >= 11 is 0. The van der Waals surface area contributed by atoms with Crippen LogP contribution in [0.2, 0.25) is 0 Å². The van der Waals surface area contributed by atoms with Gasteiger partial charge in [0.25, 0.3) is 5.91 Å². The van der Waals surface area contributed by atoms with Gasteiger partial charge in [0.1, 0.15) is 12.3 Å². The van der Waals surface area contributed by atoms with Crippen LogP contribution in [0.5, 0.6) is 0 Å². The number of carbonyl (C=O) groups is 2. The Bertz CT molecular complexity index is 525. The monoisotopic (exact) mass is 277 g/mol.